The van der Waals surface area contributed by atoms with Crippen LogP contribution >= 0.6 is 0 Å². The van der Waals surface area contributed by atoms with E-state index in [1.807, 2.05) is 0 Å². The summed E-state index contributed by atoms with van der Waals surface area (Å²) in [5, 5.41) is 8.76. The first-order chi connectivity index (χ1) is 7.95. The summed E-state index contributed by atoms with van der Waals surface area (Å²) in [6.07, 6.45) is -2.81. The van der Waals surface area contributed by atoms with E-state index in [1.165, 1.54) is 0 Å². The van der Waals surface area contributed by atoms with Crippen LogP contribution in [0.3, 0.4) is 0 Å². The van der Waals surface area contributed by atoms with Crippen LogP contribution in [0.25, 0.3) is 0 Å². The van der Waals surface area contributed by atoms with E-state index in [0.717, 1.165) is 25.7 Å². The van der Waals surface area contributed by atoms with E-state index in [2.05, 4.69) is 0 Å². The molecule has 0 heterocycles. The number of alkyl halides is 3. The molecule has 0 aromatic rings. The van der Waals surface area contributed by atoms with E-state index in [-0.39, 0.29) is 12.5 Å². The predicted octanol–water partition coefficient (Wildman–Crippen LogP) is 1.69. The maximum absolute atomic E-state index is 12.0. The number of hydrogen-bond donors (Lipinski definition) is 2. The smallest absolute Gasteiger partial charge is 0.382 e. The Hall–Kier alpha value is -0.330. The molecule has 17 heavy (non-hydrogen) atoms. The van der Waals surface area contributed by atoms with Crippen LogP contribution in [0.5, 0.6) is 0 Å². The minimum Gasteiger partial charge on any atom is -0.382 e. The molecule has 0 aromatic heterocycles. The number of rotatable bonds is 5. The molecule has 6 heteroatoms. The van der Waals surface area contributed by atoms with Crippen molar-refractivity contribution < 1.29 is 23.0 Å². The zero-order valence-corrected chi connectivity index (χ0v) is 9.75. The van der Waals surface area contributed by atoms with Crippen LogP contribution in [0.1, 0.15) is 25.7 Å². The quantitative estimate of drug-likeness (QED) is 0.786. The highest BCUT2D eigenvalue weighted by Crippen LogP contribution is 2.29. The maximum Gasteiger partial charge on any atom is 0.416 e. The summed E-state index contributed by atoms with van der Waals surface area (Å²) in [5.74, 6) is 0.570. The standard InChI is InChI=1S/C11H20F3NO2/c12-11(13,14)10(16)7-17-6-9-4-2-1-3-8(9)5-15/h8-10,16H,1-7,15H2. The Morgan fingerprint density at radius 2 is 1.82 bits per heavy atom. The molecule has 3 N–H and O–H groups in total. The fraction of sp³-hybridized carbons (Fsp3) is 1.00. The van der Waals surface area contributed by atoms with Gasteiger partial charge in [-0.25, -0.2) is 0 Å². The van der Waals surface area contributed by atoms with Crippen molar-refractivity contribution in [3.05, 3.63) is 0 Å². The second-order valence-electron chi connectivity index (χ2n) is 4.64. The number of halogens is 3. The van der Waals surface area contributed by atoms with Crippen molar-refractivity contribution in [3.63, 3.8) is 0 Å². The first kappa shape index (κ1) is 14.7. The molecule has 102 valence electrons. The topological polar surface area (TPSA) is 55.5 Å². The summed E-state index contributed by atoms with van der Waals surface area (Å²) < 4.78 is 41.0. The Kier molecular flexibility index (Phi) is 5.69. The maximum atomic E-state index is 12.0. The van der Waals surface area contributed by atoms with Crippen molar-refractivity contribution in [2.45, 2.75) is 38.0 Å². The lowest BCUT2D eigenvalue weighted by Crippen LogP contribution is -2.35. The molecule has 0 bridgehead atoms. The number of nitrogens with two attached hydrogens (primary N) is 1. The van der Waals surface area contributed by atoms with E-state index >= 15 is 0 Å². The molecule has 1 rings (SSSR count). The molecule has 3 unspecified atom stereocenters. The predicted molar refractivity (Wildman–Crippen MR) is 57.4 cm³/mol. The Balaban J connectivity index is 2.25. The lowest BCUT2D eigenvalue weighted by molar-refractivity contribution is -0.218. The average molecular weight is 255 g/mol. The lowest BCUT2D eigenvalue weighted by atomic mass is 9.80. The third-order valence-electron chi connectivity index (χ3n) is 3.35. The molecule has 1 saturated carbocycles. The van der Waals surface area contributed by atoms with Crippen LogP contribution in [-0.2, 0) is 4.74 Å². The lowest BCUT2D eigenvalue weighted by Gasteiger charge is -2.30. The van der Waals surface area contributed by atoms with E-state index in [9.17, 15) is 13.2 Å². The molecule has 3 nitrogen and oxygen atoms in total. The summed E-state index contributed by atoms with van der Waals surface area (Å²) in [6, 6.07) is 0. The largest absolute Gasteiger partial charge is 0.416 e. The van der Waals surface area contributed by atoms with E-state index in [1.54, 1.807) is 0 Å². The van der Waals surface area contributed by atoms with Gasteiger partial charge in [0.15, 0.2) is 6.10 Å². The summed E-state index contributed by atoms with van der Waals surface area (Å²) in [6.45, 7) is 0.127. The van der Waals surface area contributed by atoms with Gasteiger partial charge in [-0.15, -0.1) is 0 Å². The molecule has 0 spiro atoms. The fourth-order valence-corrected chi connectivity index (χ4v) is 2.24. The van der Waals surface area contributed by atoms with Gasteiger partial charge < -0.3 is 15.6 Å². The normalized spacial score (nSPS) is 28.1. The van der Waals surface area contributed by atoms with Gasteiger partial charge in [-0.05, 0) is 31.2 Å². The molecular weight excluding hydrogens is 235 g/mol. The Bertz CT molecular complexity index is 223. The SMILES string of the molecule is NCC1CCCCC1COCC(O)C(F)(F)F. The van der Waals surface area contributed by atoms with Crippen molar-refractivity contribution in [2.24, 2.45) is 17.6 Å². The second kappa shape index (κ2) is 6.56. The van der Waals surface area contributed by atoms with Crippen molar-refractivity contribution >= 4 is 0 Å². The van der Waals surface area contributed by atoms with E-state index in [0.29, 0.717) is 12.5 Å². The number of aliphatic hydroxyl groups excluding tert-OH is 1. The third-order valence-corrected chi connectivity index (χ3v) is 3.35. The van der Waals surface area contributed by atoms with Crippen LogP contribution in [0.15, 0.2) is 0 Å². The second-order valence-corrected chi connectivity index (χ2v) is 4.64. The highest BCUT2D eigenvalue weighted by molar-refractivity contribution is 4.76. The zero-order chi connectivity index (χ0) is 12.9. The van der Waals surface area contributed by atoms with Crippen LogP contribution in [-0.4, -0.2) is 37.1 Å². The van der Waals surface area contributed by atoms with Gasteiger partial charge in [0.2, 0.25) is 0 Å². The Labute approximate surface area is 99.1 Å². The molecule has 0 saturated heterocycles. The average Bonchev–Trinajstić information content (AvgIpc) is 2.28. The van der Waals surface area contributed by atoms with Crippen LogP contribution in [0, 0.1) is 11.8 Å². The molecule has 1 fully saturated rings. The number of hydrogen-bond acceptors (Lipinski definition) is 3. The van der Waals surface area contributed by atoms with E-state index in [4.69, 9.17) is 15.6 Å². The van der Waals surface area contributed by atoms with Crippen molar-refractivity contribution in [3.8, 4) is 0 Å². The Morgan fingerprint density at radius 3 is 2.35 bits per heavy atom. The van der Waals surface area contributed by atoms with Gasteiger partial charge in [-0.2, -0.15) is 13.2 Å². The molecule has 0 amide bonds. The summed E-state index contributed by atoms with van der Waals surface area (Å²) in [5.41, 5.74) is 5.61. The third kappa shape index (κ3) is 4.81. The van der Waals surface area contributed by atoms with Crippen LogP contribution < -0.4 is 5.73 Å². The fourth-order valence-electron chi connectivity index (χ4n) is 2.24. The molecular formula is C11H20F3NO2. The first-order valence-electron chi connectivity index (χ1n) is 5.97. The van der Waals surface area contributed by atoms with Gasteiger partial charge in [-0.3, -0.25) is 0 Å². The van der Waals surface area contributed by atoms with Gasteiger partial charge in [0.1, 0.15) is 0 Å². The van der Waals surface area contributed by atoms with Crippen molar-refractivity contribution in [1.82, 2.24) is 0 Å². The molecule has 0 aromatic carbocycles. The van der Waals surface area contributed by atoms with Crippen molar-refractivity contribution in [2.75, 3.05) is 19.8 Å². The highest BCUT2D eigenvalue weighted by Gasteiger charge is 2.38. The summed E-state index contributed by atoms with van der Waals surface area (Å²) in [7, 11) is 0. The van der Waals surface area contributed by atoms with Gasteiger partial charge in [0.25, 0.3) is 0 Å². The zero-order valence-electron chi connectivity index (χ0n) is 9.75. The monoisotopic (exact) mass is 255 g/mol. The minimum absolute atomic E-state index is 0.231. The van der Waals surface area contributed by atoms with Gasteiger partial charge in [-0.1, -0.05) is 12.8 Å². The summed E-state index contributed by atoms with van der Waals surface area (Å²) in [4.78, 5) is 0. The molecule has 1 aliphatic rings. The Morgan fingerprint density at radius 1 is 1.24 bits per heavy atom. The van der Waals surface area contributed by atoms with E-state index < -0.39 is 18.9 Å². The molecule has 3 atom stereocenters. The molecule has 0 aliphatic heterocycles. The number of aliphatic hydroxyl groups is 1. The van der Waals surface area contributed by atoms with Gasteiger partial charge in [0.05, 0.1) is 6.61 Å². The molecule has 0 radical (unpaired) electrons. The molecule has 1 aliphatic carbocycles. The van der Waals surface area contributed by atoms with Crippen LogP contribution in [0.4, 0.5) is 13.2 Å². The van der Waals surface area contributed by atoms with Crippen LogP contribution in [0.2, 0.25) is 0 Å². The van der Waals surface area contributed by atoms with Gasteiger partial charge >= 0.3 is 6.18 Å². The van der Waals surface area contributed by atoms with Crippen molar-refractivity contribution in [1.29, 1.82) is 0 Å². The number of ether oxygens (including phenoxy) is 1. The van der Waals surface area contributed by atoms with Gasteiger partial charge in [0, 0.05) is 6.61 Å². The summed E-state index contributed by atoms with van der Waals surface area (Å²) >= 11 is 0. The minimum atomic E-state index is -4.60. The highest BCUT2D eigenvalue weighted by atomic mass is 19.4. The first-order valence-corrected chi connectivity index (χ1v) is 5.97.